The number of hydrogen-bond donors (Lipinski definition) is 2. The Morgan fingerprint density at radius 1 is 1.20 bits per heavy atom. The van der Waals surface area contributed by atoms with E-state index in [4.69, 9.17) is 5.73 Å². The molecule has 20 heavy (non-hydrogen) atoms. The van der Waals surface area contributed by atoms with E-state index in [2.05, 4.69) is 9.71 Å². The number of hydrogen-bond acceptors (Lipinski definition) is 4. The van der Waals surface area contributed by atoms with Crippen molar-refractivity contribution in [3.63, 3.8) is 0 Å². The van der Waals surface area contributed by atoms with Gasteiger partial charge >= 0.3 is 0 Å². The molecule has 0 fully saturated rings. The molecule has 0 radical (unpaired) electrons. The van der Waals surface area contributed by atoms with Crippen molar-refractivity contribution in [1.82, 2.24) is 4.98 Å². The van der Waals surface area contributed by atoms with Crippen LogP contribution in [0.1, 0.15) is 11.1 Å². The molecule has 2 rings (SSSR count). The number of nitrogens with one attached hydrogen (secondary N) is 1. The lowest BCUT2D eigenvalue weighted by atomic mass is 10.2. The Bertz CT molecular complexity index is 685. The van der Waals surface area contributed by atoms with E-state index in [-0.39, 0.29) is 5.75 Å². The number of aryl methyl sites for hydroxylation is 1. The molecular formula is C14H17N3O2S. The van der Waals surface area contributed by atoms with Gasteiger partial charge < -0.3 is 5.73 Å². The minimum Gasteiger partial charge on any atom is -0.398 e. The highest BCUT2D eigenvalue weighted by molar-refractivity contribution is 7.92. The first-order valence-electron chi connectivity index (χ1n) is 6.22. The van der Waals surface area contributed by atoms with Crippen molar-refractivity contribution >= 4 is 21.4 Å². The molecule has 0 saturated heterocycles. The molecule has 0 amide bonds. The predicted molar refractivity (Wildman–Crippen MR) is 80.9 cm³/mol. The smallest absolute Gasteiger partial charge is 0.233 e. The van der Waals surface area contributed by atoms with Crippen molar-refractivity contribution in [3.8, 4) is 0 Å². The van der Waals surface area contributed by atoms with Crippen molar-refractivity contribution < 1.29 is 8.42 Å². The molecule has 106 valence electrons. The molecule has 5 nitrogen and oxygen atoms in total. The standard InChI is InChI=1S/C14H17N3O2S/c1-11-13(15)3-2-4-14(11)17-20(18,19)10-7-12-5-8-16-9-6-12/h2-6,8-9,17H,7,10,15H2,1H3. The maximum atomic E-state index is 12.1. The summed E-state index contributed by atoms with van der Waals surface area (Å²) in [6.45, 7) is 1.79. The largest absolute Gasteiger partial charge is 0.398 e. The van der Waals surface area contributed by atoms with E-state index in [9.17, 15) is 8.42 Å². The van der Waals surface area contributed by atoms with Gasteiger partial charge in [0.25, 0.3) is 0 Å². The minimum absolute atomic E-state index is 0.0191. The van der Waals surface area contributed by atoms with Gasteiger partial charge in [-0.3, -0.25) is 9.71 Å². The average molecular weight is 291 g/mol. The second-order valence-electron chi connectivity index (χ2n) is 4.55. The molecule has 0 unspecified atom stereocenters. The summed E-state index contributed by atoms with van der Waals surface area (Å²) in [6.07, 6.45) is 3.74. The fourth-order valence-electron chi connectivity index (χ4n) is 1.78. The van der Waals surface area contributed by atoms with Crippen molar-refractivity contribution in [2.24, 2.45) is 0 Å². The molecule has 0 bridgehead atoms. The monoisotopic (exact) mass is 291 g/mol. The van der Waals surface area contributed by atoms with Crippen molar-refractivity contribution in [2.45, 2.75) is 13.3 Å². The van der Waals surface area contributed by atoms with Gasteiger partial charge in [-0.15, -0.1) is 0 Å². The Labute approximate surface area is 118 Å². The van der Waals surface area contributed by atoms with Gasteiger partial charge in [-0.2, -0.15) is 0 Å². The molecule has 0 aliphatic rings. The number of pyridine rings is 1. The molecule has 0 aliphatic heterocycles. The highest BCUT2D eigenvalue weighted by Gasteiger charge is 2.12. The molecule has 0 saturated carbocycles. The first-order chi connectivity index (χ1) is 9.48. The summed E-state index contributed by atoms with van der Waals surface area (Å²) in [5.74, 6) is 0.0191. The van der Waals surface area contributed by atoms with Crippen LogP contribution in [0, 0.1) is 6.92 Å². The van der Waals surface area contributed by atoms with E-state index in [0.29, 0.717) is 17.8 Å². The summed E-state index contributed by atoms with van der Waals surface area (Å²) in [7, 11) is -3.40. The Kier molecular flexibility index (Phi) is 4.24. The number of nitrogens with zero attached hydrogens (tertiary/aromatic N) is 1. The van der Waals surface area contributed by atoms with E-state index in [1.54, 1.807) is 49.6 Å². The summed E-state index contributed by atoms with van der Waals surface area (Å²) in [5.41, 5.74) is 8.53. The van der Waals surface area contributed by atoms with E-state index in [0.717, 1.165) is 11.1 Å². The SMILES string of the molecule is Cc1c(N)cccc1NS(=O)(=O)CCc1ccncc1. The minimum atomic E-state index is -3.40. The number of sulfonamides is 1. The van der Waals surface area contributed by atoms with Crippen LogP contribution in [-0.4, -0.2) is 19.2 Å². The van der Waals surface area contributed by atoms with Gasteiger partial charge in [0, 0.05) is 18.1 Å². The molecule has 1 aromatic carbocycles. The van der Waals surface area contributed by atoms with Crippen molar-refractivity contribution in [3.05, 3.63) is 53.9 Å². The molecule has 0 spiro atoms. The highest BCUT2D eigenvalue weighted by Crippen LogP contribution is 2.21. The third-order valence-electron chi connectivity index (χ3n) is 3.05. The maximum absolute atomic E-state index is 12.1. The van der Waals surface area contributed by atoms with Crippen LogP contribution < -0.4 is 10.5 Å². The third-order valence-corrected chi connectivity index (χ3v) is 4.32. The summed E-state index contributed by atoms with van der Waals surface area (Å²) in [4.78, 5) is 3.90. The van der Waals surface area contributed by atoms with E-state index in [1.807, 2.05) is 0 Å². The van der Waals surface area contributed by atoms with Crippen LogP contribution in [0.5, 0.6) is 0 Å². The Hall–Kier alpha value is -2.08. The third kappa shape index (κ3) is 3.71. The molecule has 2 aromatic rings. The van der Waals surface area contributed by atoms with Gasteiger partial charge in [-0.1, -0.05) is 6.07 Å². The zero-order chi connectivity index (χ0) is 14.6. The number of nitrogens with two attached hydrogens (primary N) is 1. The highest BCUT2D eigenvalue weighted by atomic mass is 32.2. The number of aromatic nitrogens is 1. The second-order valence-corrected chi connectivity index (χ2v) is 6.39. The Morgan fingerprint density at radius 2 is 1.90 bits per heavy atom. The lowest BCUT2D eigenvalue weighted by molar-refractivity contribution is 0.600. The molecule has 1 aromatic heterocycles. The molecule has 0 aliphatic carbocycles. The zero-order valence-corrected chi connectivity index (χ0v) is 12.0. The Balaban J connectivity index is 2.06. The van der Waals surface area contributed by atoms with Crippen LogP contribution in [0.4, 0.5) is 11.4 Å². The lowest BCUT2D eigenvalue weighted by Gasteiger charge is -2.11. The molecule has 6 heteroatoms. The van der Waals surface area contributed by atoms with E-state index in [1.165, 1.54) is 0 Å². The van der Waals surface area contributed by atoms with E-state index < -0.39 is 10.0 Å². The van der Waals surface area contributed by atoms with E-state index >= 15 is 0 Å². The van der Waals surface area contributed by atoms with Gasteiger partial charge in [-0.05, 0) is 48.7 Å². The van der Waals surface area contributed by atoms with Crippen LogP contribution in [-0.2, 0) is 16.4 Å². The predicted octanol–water partition coefficient (Wildman–Crippen LogP) is 1.96. The molecule has 3 N–H and O–H groups in total. The second kappa shape index (κ2) is 5.92. The summed E-state index contributed by atoms with van der Waals surface area (Å²) in [5, 5.41) is 0. The van der Waals surface area contributed by atoms with Gasteiger partial charge in [0.2, 0.25) is 10.0 Å². The van der Waals surface area contributed by atoms with Crippen LogP contribution >= 0.6 is 0 Å². The van der Waals surface area contributed by atoms with Gasteiger partial charge in [0.1, 0.15) is 0 Å². The van der Waals surface area contributed by atoms with Crippen LogP contribution in [0.25, 0.3) is 0 Å². The zero-order valence-electron chi connectivity index (χ0n) is 11.2. The normalized spacial score (nSPS) is 11.2. The summed E-state index contributed by atoms with van der Waals surface area (Å²) in [6, 6.07) is 8.78. The van der Waals surface area contributed by atoms with Crippen LogP contribution in [0.3, 0.4) is 0 Å². The molecule has 0 atom stereocenters. The first kappa shape index (κ1) is 14.3. The maximum Gasteiger partial charge on any atom is 0.233 e. The number of benzene rings is 1. The van der Waals surface area contributed by atoms with Crippen LogP contribution in [0.2, 0.25) is 0 Å². The fourth-order valence-corrected chi connectivity index (χ4v) is 2.95. The lowest BCUT2D eigenvalue weighted by Crippen LogP contribution is -2.19. The van der Waals surface area contributed by atoms with Gasteiger partial charge in [0.05, 0.1) is 11.4 Å². The average Bonchev–Trinajstić information content (AvgIpc) is 2.43. The summed E-state index contributed by atoms with van der Waals surface area (Å²) >= 11 is 0. The quantitative estimate of drug-likeness (QED) is 0.825. The Morgan fingerprint density at radius 3 is 2.60 bits per heavy atom. The number of nitrogen functional groups attached to an aromatic ring is 1. The number of anilines is 2. The van der Waals surface area contributed by atoms with Gasteiger partial charge in [0.15, 0.2) is 0 Å². The number of rotatable bonds is 5. The molecular weight excluding hydrogens is 274 g/mol. The van der Waals surface area contributed by atoms with Crippen molar-refractivity contribution in [1.29, 1.82) is 0 Å². The fraction of sp³-hybridized carbons (Fsp3) is 0.214. The first-order valence-corrected chi connectivity index (χ1v) is 7.88. The van der Waals surface area contributed by atoms with Crippen molar-refractivity contribution in [2.75, 3.05) is 16.2 Å². The topological polar surface area (TPSA) is 85.1 Å². The van der Waals surface area contributed by atoms with Crippen LogP contribution in [0.15, 0.2) is 42.7 Å². The summed E-state index contributed by atoms with van der Waals surface area (Å²) < 4.78 is 26.7. The van der Waals surface area contributed by atoms with Gasteiger partial charge in [-0.25, -0.2) is 8.42 Å². The molecule has 1 heterocycles.